The lowest BCUT2D eigenvalue weighted by Crippen LogP contribution is -2.38. The number of carbonyl (C=O) groups excluding carboxylic acids is 1. The van der Waals surface area contributed by atoms with Crippen molar-refractivity contribution in [2.75, 3.05) is 16.2 Å². The van der Waals surface area contributed by atoms with Crippen LogP contribution < -0.4 is 14.9 Å². The molecule has 1 aromatic heterocycles. The van der Waals surface area contributed by atoms with Crippen molar-refractivity contribution in [2.24, 2.45) is 0 Å². The summed E-state index contributed by atoms with van der Waals surface area (Å²) in [4.78, 5) is 18.6. The van der Waals surface area contributed by atoms with Crippen molar-refractivity contribution in [1.29, 1.82) is 0 Å². The van der Waals surface area contributed by atoms with Gasteiger partial charge in [-0.05, 0) is 43.2 Å². The number of carbonyl (C=O) groups is 1. The highest BCUT2D eigenvalue weighted by molar-refractivity contribution is 7.93. The number of sulfonamides is 1. The lowest BCUT2D eigenvalue weighted by atomic mass is 10.1. The average molecular weight is 447 g/mol. The molecule has 160 valence electrons. The lowest BCUT2D eigenvalue weighted by Gasteiger charge is -2.18. The van der Waals surface area contributed by atoms with Gasteiger partial charge in [0.2, 0.25) is 5.91 Å². The Labute approximate surface area is 182 Å². The van der Waals surface area contributed by atoms with Gasteiger partial charge in [0, 0.05) is 33.2 Å². The summed E-state index contributed by atoms with van der Waals surface area (Å²) < 4.78 is 27.4. The quantitative estimate of drug-likeness (QED) is 0.578. The van der Waals surface area contributed by atoms with E-state index in [1.165, 1.54) is 35.2 Å². The first-order chi connectivity index (χ1) is 14.4. The molecule has 30 heavy (non-hydrogen) atoms. The van der Waals surface area contributed by atoms with E-state index in [-0.39, 0.29) is 19.7 Å². The summed E-state index contributed by atoms with van der Waals surface area (Å²) >= 11 is 1.21. The number of aryl methyl sites for hydroxylation is 1. The summed E-state index contributed by atoms with van der Waals surface area (Å²) in [5.41, 5.74) is 3.02. The number of thiazole rings is 1. The van der Waals surface area contributed by atoms with Gasteiger partial charge in [-0.15, -0.1) is 11.3 Å². The highest BCUT2D eigenvalue weighted by atomic mass is 32.2. The van der Waals surface area contributed by atoms with Gasteiger partial charge < -0.3 is 10.2 Å². The third-order valence-electron chi connectivity index (χ3n) is 4.99. The van der Waals surface area contributed by atoms with Crippen LogP contribution in [0.5, 0.6) is 0 Å². The van der Waals surface area contributed by atoms with E-state index in [0.29, 0.717) is 30.3 Å². The second-order valence-corrected chi connectivity index (χ2v) is 9.71. The minimum Gasteiger partial charge on any atom is -0.311 e. The van der Waals surface area contributed by atoms with Gasteiger partial charge >= 0.3 is 0 Å². The third kappa shape index (κ3) is 4.53. The van der Waals surface area contributed by atoms with E-state index < -0.39 is 10.0 Å². The fraction of sp³-hybridized carbons (Fsp3) is 0.238. The van der Waals surface area contributed by atoms with E-state index in [4.69, 9.17) is 0 Å². The first kappa shape index (κ1) is 20.5. The predicted octanol–water partition coefficient (Wildman–Crippen LogP) is 3.64. The summed E-state index contributed by atoms with van der Waals surface area (Å²) in [5.74, 6) is -0.00127. The van der Waals surface area contributed by atoms with Crippen molar-refractivity contribution >= 4 is 38.1 Å². The minimum atomic E-state index is -3.71. The van der Waals surface area contributed by atoms with Gasteiger partial charge in [0.1, 0.15) is 0 Å². The van der Waals surface area contributed by atoms with E-state index in [1.807, 2.05) is 6.92 Å². The lowest BCUT2D eigenvalue weighted by molar-refractivity contribution is -0.118. The Bertz CT molecular complexity index is 1120. The van der Waals surface area contributed by atoms with Crippen LogP contribution in [0.4, 0.5) is 10.8 Å². The summed E-state index contributed by atoms with van der Waals surface area (Å²) in [7, 11) is -3.71. The molecule has 2 N–H and O–H groups in total. The van der Waals surface area contributed by atoms with Crippen molar-refractivity contribution in [3.05, 3.63) is 71.2 Å². The Morgan fingerprint density at radius 3 is 2.57 bits per heavy atom. The van der Waals surface area contributed by atoms with Crippen LogP contribution >= 0.6 is 11.3 Å². The van der Waals surface area contributed by atoms with Crippen molar-refractivity contribution in [1.82, 2.24) is 10.3 Å². The number of nitrogens with one attached hydrogen (secondary N) is 2. The largest absolute Gasteiger partial charge is 0.311 e. The van der Waals surface area contributed by atoms with Crippen LogP contribution in [0.2, 0.25) is 0 Å². The second kappa shape index (κ2) is 8.55. The van der Waals surface area contributed by atoms with Crippen LogP contribution in [0.3, 0.4) is 0 Å². The summed E-state index contributed by atoms with van der Waals surface area (Å²) in [6.07, 6.45) is 2.24. The van der Waals surface area contributed by atoms with Crippen LogP contribution in [0.25, 0.3) is 0 Å². The van der Waals surface area contributed by atoms with E-state index in [2.05, 4.69) is 39.3 Å². The van der Waals surface area contributed by atoms with Crippen LogP contribution in [-0.2, 0) is 21.4 Å². The Morgan fingerprint density at radius 1 is 1.17 bits per heavy atom. The Hall–Kier alpha value is -2.75. The molecule has 4 rings (SSSR count). The molecule has 1 aliphatic heterocycles. The Morgan fingerprint density at radius 2 is 1.90 bits per heavy atom. The van der Waals surface area contributed by atoms with E-state index >= 15 is 0 Å². The van der Waals surface area contributed by atoms with Gasteiger partial charge in [-0.1, -0.05) is 29.8 Å². The maximum absolute atomic E-state index is 12.8. The number of amides is 1. The highest BCUT2D eigenvalue weighted by Gasteiger charge is 2.32. The zero-order chi connectivity index (χ0) is 21.1. The van der Waals surface area contributed by atoms with Crippen LogP contribution in [0.15, 0.2) is 65.0 Å². The molecule has 0 radical (unpaired) electrons. The molecule has 1 atom stereocenters. The van der Waals surface area contributed by atoms with Gasteiger partial charge in [-0.2, -0.15) is 0 Å². The molecule has 9 heteroatoms. The van der Waals surface area contributed by atoms with Gasteiger partial charge in [0.25, 0.3) is 10.0 Å². The summed E-state index contributed by atoms with van der Waals surface area (Å²) in [5, 5.41) is 5.34. The van der Waals surface area contributed by atoms with Crippen molar-refractivity contribution in [2.45, 2.75) is 30.8 Å². The number of benzene rings is 2. The van der Waals surface area contributed by atoms with E-state index in [9.17, 15) is 13.2 Å². The van der Waals surface area contributed by atoms with Crippen molar-refractivity contribution in [3.8, 4) is 0 Å². The Kier molecular flexibility index (Phi) is 5.85. The van der Waals surface area contributed by atoms with Crippen LogP contribution in [0.1, 0.15) is 20.4 Å². The maximum atomic E-state index is 12.8. The topological polar surface area (TPSA) is 91.4 Å². The highest BCUT2D eigenvalue weighted by Crippen LogP contribution is 2.25. The van der Waals surface area contributed by atoms with Crippen LogP contribution in [0, 0.1) is 6.92 Å². The first-order valence-corrected chi connectivity index (χ1v) is 11.9. The number of hydrogen-bond donors (Lipinski definition) is 2. The van der Waals surface area contributed by atoms with E-state index in [0.717, 1.165) is 5.56 Å². The molecular formula is C21H26N4O3S2. The number of nitrogens with zero attached hydrogens (tertiary/aromatic N) is 2. The smallest absolute Gasteiger partial charge is 0.263 e. The number of aromatic nitrogens is 1. The summed E-state index contributed by atoms with van der Waals surface area (Å²) in [6.45, 7) is 3.26. The number of hydrogen-bond acceptors (Lipinski definition) is 6. The van der Waals surface area contributed by atoms with Crippen LogP contribution in [-0.4, -0.2) is 31.9 Å². The average Bonchev–Trinajstić information content (AvgIpc) is 3.37. The molecule has 2 aromatic carbocycles. The molecule has 1 saturated heterocycles. The molecule has 7 nitrogen and oxygen atoms in total. The maximum Gasteiger partial charge on any atom is 0.263 e. The zero-order valence-corrected chi connectivity index (χ0v) is 18.0. The normalized spacial score (nSPS) is 16.8. The van der Waals surface area contributed by atoms with E-state index in [1.54, 1.807) is 22.4 Å². The summed E-state index contributed by atoms with van der Waals surface area (Å²) in [6, 6.07) is 14.3. The number of anilines is 2. The molecule has 0 saturated carbocycles. The Balaban J connectivity index is 0.00000181. The standard InChI is InChI=1S/C21H22N4O3S2.2H2/c1-15-2-4-16(5-3-15)14-23-19-10-12-25(20(19)26)17-6-8-18(9-7-17)30(27,28)24-21-22-11-13-29-21;;/h2-9,11,13,19,23H,10,12,14H2,1H3,(H,22,24);2*1H. The fourth-order valence-corrected chi connectivity index (χ4v) is 5.11. The molecule has 0 aliphatic carbocycles. The predicted molar refractivity (Wildman–Crippen MR) is 122 cm³/mol. The van der Waals surface area contributed by atoms with Crippen molar-refractivity contribution in [3.63, 3.8) is 0 Å². The molecule has 3 aromatic rings. The monoisotopic (exact) mass is 446 g/mol. The third-order valence-corrected chi connectivity index (χ3v) is 7.16. The fourth-order valence-electron chi connectivity index (χ4n) is 3.33. The van der Waals surface area contributed by atoms with Crippen molar-refractivity contribution < 1.29 is 16.1 Å². The van der Waals surface area contributed by atoms with Gasteiger partial charge in [-0.25, -0.2) is 13.4 Å². The van der Waals surface area contributed by atoms with Gasteiger partial charge in [0.05, 0.1) is 10.9 Å². The molecule has 0 bridgehead atoms. The molecule has 1 amide bonds. The molecule has 2 heterocycles. The number of rotatable bonds is 7. The van der Waals surface area contributed by atoms with Gasteiger partial charge in [0.15, 0.2) is 5.13 Å². The minimum absolute atomic E-state index is 0. The SMILES string of the molecule is Cc1ccc(CNC2CCN(c3ccc(S(=O)(=O)Nc4nccs4)cc3)C2=O)cc1.[HH].[HH]. The molecule has 1 aliphatic rings. The molecule has 1 fully saturated rings. The molecule has 0 spiro atoms. The first-order valence-electron chi connectivity index (χ1n) is 9.55. The zero-order valence-electron chi connectivity index (χ0n) is 16.4. The molecule has 1 unspecified atom stereocenters. The second-order valence-electron chi connectivity index (χ2n) is 7.13. The van der Waals surface area contributed by atoms with Gasteiger partial charge in [-0.3, -0.25) is 9.52 Å². The molecular weight excluding hydrogens is 420 g/mol.